The fraction of sp³-hybridized carbons (Fsp3) is 0.200. The average molecular weight is 354 g/mol. The van der Waals surface area contributed by atoms with Gasteiger partial charge in [-0.25, -0.2) is 9.37 Å². The van der Waals surface area contributed by atoms with Crippen LogP contribution in [0, 0.1) is 11.7 Å². The molecule has 5 heteroatoms. The van der Waals surface area contributed by atoms with Crippen LogP contribution in [-0.4, -0.2) is 10.9 Å². The van der Waals surface area contributed by atoms with Crippen molar-refractivity contribution in [3.8, 4) is 21.8 Å². The zero-order chi connectivity index (χ0) is 17.8. The first-order chi connectivity index (χ1) is 12.0. The van der Waals surface area contributed by atoms with E-state index in [0.29, 0.717) is 22.9 Å². The first-order valence-corrected chi connectivity index (χ1v) is 9.02. The lowest BCUT2D eigenvalue weighted by Crippen LogP contribution is -2.14. The number of nitrogens with zero attached hydrogens (tertiary/aromatic N) is 1. The summed E-state index contributed by atoms with van der Waals surface area (Å²) in [7, 11) is 0. The number of nitrogens with one attached hydrogen (secondary N) is 1. The number of hydrogen-bond acceptors (Lipinski definition) is 3. The minimum absolute atomic E-state index is 0.0213. The Kier molecular flexibility index (Phi) is 5.24. The van der Waals surface area contributed by atoms with E-state index in [1.54, 1.807) is 18.2 Å². The molecule has 0 saturated carbocycles. The van der Waals surface area contributed by atoms with Crippen LogP contribution in [-0.2, 0) is 4.79 Å². The molecular formula is C20H19FN2OS. The molecule has 0 radical (unpaired) electrons. The third-order valence-electron chi connectivity index (χ3n) is 3.68. The first kappa shape index (κ1) is 17.3. The van der Waals surface area contributed by atoms with Gasteiger partial charge in [-0.15, -0.1) is 11.3 Å². The van der Waals surface area contributed by atoms with Gasteiger partial charge in [0.05, 0.1) is 11.4 Å². The molecule has 0 fully saturated rings. The van der Waals surface area contributed by atoms with Gasteiger partial charge >= 0.3 is 0 Å². The SMILES string of the molecule is CC(C)CC(=O)Nc1ccccc1-c1csc(-c2ccccc2F)n1. The molecule has 1 amide bonds. The number of benzene rings is 2. The number of aromatic nitrogens is 1. The van der Waals surface area contributed by atoms with Crippen LogP contribution in [0.15, 0.2) is 53.9 Å². The van der Waals surface area contributed by atoms with Crippen LogP contribution in [0.5, 0.6) is 0 Å². The number of thiazole rings is 1. The first-order valence-electron chi connectivity index (χ1n) is 8.14. The Bertz CT molecular complexity index is 889. The zero-order valence-corrected chi connectivity index (χ0v) is 14.9. The van der Waals surface area contributed by atoms with Gasteiger partial charge in [-0.2, -0.15) is 0 Å². The van der Waals surface area contributed by atoms with Crippen LogP contribution in [0.2, 0.25) is 0 Å². The normalized spacial score (nSPS) is 10.9. The second-order valence-electron chi connectivity index (χ2n) is 6.21. The topological polar surface area (TPSA) is 42.0 Å². The van der Waals surface area contributed by atoms with Crippen molar-refractivity contribution in [2.24, 2.45) is 5.92 Å². The highest BCUT2D eigenvalue weighted by Gasteiger charge is 2.14. The van der Waals surface area contributed by atoms with E-state index in [1.165, 1.54) is 17.4 Å². The van der Waals surface area contributed by atoms with Crippen molar-refractivity contribution in [2.45, 2.75) is 20.3 Å². The van der Waals surface area contributed by atoms with Crippen LogP contribution in [0.4, 0.5) is 10.1 Å². The molecule has 1 N–H and O–H groups in total. The highest BCUT2D eigenvalue weighted by Crippen LogP contribution is 2.33. The Morgan fingerprint density at radius 2 is 1.80 bits per heavy atom. The molecule has 0 atom stereocenters. The van der Waals surface area contributed by atoms with E-state index in [2.05, 4.69) is 10.3 Å². The number of hydrogen-bond donors (Lipinski definition) is 1. The molecule has 0 saturated heterocycles. The maximum atomic E-state index is 14.0. The van der Waals surface area contributed by atoms with Gasteiger partial charge in [0.2, 0.25) is 5.91 Å². The maximum absolute atomic E-state index is 14.0. The lowest BCUT2D eigenvalue weighted by molar-refractivity contribution is -0.116. The quantitative estimate of drug-likeness (QED) is 0.648. The van der Waals surface area contributed by atoms with Crippen molar-refractivity contribution in [3.05, 3.63) is 59.7 Å². The summed E-state index contributed by atoms with van der Waals surface area (Å²) in [6, 6.07) is 14.1. The molecular weight excluding hydrogens is 335 g/mol. The standard InChI is InChI=1S/C20H19FN2OS/c1-13(2)11-19(24)22-17-10-6-4-8-15(17)18-12-25-20(23-18)14-7-3-5-9-16(14)21/h3-10,12-13H,11H2,1-2H3,(H,22,24). The molecule has 0 spiro atoms. The average Bonchev–Trinajstić information content (AvgIpc) is 3.04. The number of anilines is 1. The van der Waals surface area contributed by atoms with E-state index in [4.69, 9.17) is 0 Å². The Morgan fingerprint density at radius 3 is 2.52 bits per heavy atom. The molecule has 3 aromatic rings. The molecule has 25 heavy (non-hydrogen) atoms. The largest absolute Gasteiger partial charge is 0.325 e. The second kappa shape index (κ2) is 7.57. The summed E-state index contributed by atoms with van der Waals surface area (Å²) in [5, 5.41) is 5.46. The fourth-order valence-electron chi connectivity index (χ4n) is 2.54. The lowest BCUT2D eigenvalue weighted by Gasteiger charge is -2.10. The molecule has 1 heterocycles. The fourth-order valence-corrected chi connectivity index (χ4v) is 3.39. The van der Waals surface area contributed by atoms with Crippen molar-refractivity contribution in [1.29, 1.82) is 0 Å². The predicted molar refractivity (Wildman–Crippen MR) is 101 cm³/mol. The van der Waals surface area contributed by atoms with Crippen LogP contribution in [0.3, 0.4) is 0 Å². The highest BCUT2D eigenvalue weighted by molar-refractivity contribution is 7.13. The number of amides is 1. The van der Waals surface area contributed by atoms with Crippen molar-refractivity contribution in [1.82, 2.24) is 4.98 Å². The van der Waals surface area contributed by atoms with E-state index in [9.17, 15) is 9.18 Å². The predicted octanol–water partition coefficient (Wildman–Crippen LogP) is 5.60. The Balaban J connectivity index is 1.91. The molecule has 0 aliphatic rings. The minimum atomic E-state index is -0.290. The summed E-state index contributed by atoms with van der Waals surface area (Å²) in [5.74, 6) is -0.0204. The third kappa shape index (κ3) is 4.12. The Labute approximate surface area is 150 Å². The summed E-state index contributed by atoms with van der Waals surface area (Å²) < 4.78 is 14.0. The maximum Gasteiger partial charge on any atom is 0.224 e. The molecule has 128 valence electrons. The molecule has 3 nitrogen and oxygen atoms in total. The smallest absolute Gasteiger partial charge is 0.224 e. The van der Waals surface area contributed by atoms with E-state index >= 15 is 0 Å². The number of carbonyl (C=O) groups is 1. The van der Waals surface area contributed by atoms with Gasteiger partial charge in [0.25, 0.3) is 0 Å². The minimum Gasteiger partial charge on any atom is -0.325 e. The molecule has 0 unspecified atom stereocenters. The number of para-hydroxylation sites is 1. The van der Waals surface area contributed by atoms with Gasteiger partial charge in [0, 0.05) is 22.9 Å². The molecule has 2 aromatic carbocycles. The van der Waals surface area contributed by atoms with Gasteiger partial charge in [-0.3, -0.25) is 4.79 Å². The van der Waals surface area contributed by atoms with Crippen molar-refractivity contribution in [3.63, 3.8) is 0 Å². The van der Waals surface area contributed by atoms with Crippen molar-refractivity contribution in [2.75, 3.05) is 5.32 Å². The molecule has 3 rings (SSSR count). The zero-order valence-electron chi connectivity index (χ0n) is 14.1. The van der Waals surface area contributed by atoms with Gasteiger partial charge in [-0.1, -0.05) is 44.2 Å². The number of rotatable bonds is 5. The number of carbonyl (C=O) groups excluding carboxylic acids is 1. The summed E-state index contributed by atoms with van der Waals surface area (Å²) in [6.45, 7) is 4.01. The van der Waals surface area contributed by atoms with Crippen LogP contribution in [0.1, 0.15) is 20.3 Å². The van der Waals surface area contributed by atoms with Crippen LogP contribution >= 0.6 is 11.3 Å². The van der Waals surface area contributed by atoms with Crippen LogP contribution in [0.25, 0.3) is 21.8 Å². The highest BCUT2D eigenvalue weighted by atomic mass is 32.1. The van der Waals surface area contributed by atoms with E-state index < -0.39 is 0 Å². The van der Waals surface area contributed by atoms with E-state index in [-0.39, 0.29) is 11.7 Å². The van der Waals surface area contributed by atoms with Gasteiger partial charge in [0.15, 0.2) is 0 Å². The monoisotopic (exact) mass is 354 g/mol. The third-order valence-corrected chi connectivity index (χ3v) is 4.55. The lowest BCUT2D eigenvalue weighted by atomic mass is 10.1. The number of halogens is 1. The van der Waals surface area contributed by atoms with Crippen LogP contribution < -0.4 is 5.32 Å². The van der Waals surface area contributed by atoms with E-state index in [1.807, 2.05) is 43.5 Å². The van der Waals surface area contributed by atoms with E-state index in [0.717, 1.165) is 16.9 Å². The molecule has 0 bridgehead atoms. The summed E-state index contributed by atoms with van der Waals surface area (Å²) in [6.07, 6.45) is 0.464. The van der Waals surface area contributed by atoms with Crippen molar-refractivity contribution >= 4 is 22.9 Å². The van der Waals surface area contributed by atoms with Gasteiger partial charge in [-0.05, 0) is 24.1 Å². The summed E-state index contributed by atoms with van der Waals surface area (Å²) >= 11 is 1.39. The molecule has 0 aliphatic heterocycles. The summed E-state index contributed by atoms with van der Waals surface area (Å²) in [5.41, 5.74) is 2.76. The Hall–Kier alpha value is -2.53. The Morgan fingerprint density at radius 1 is 1.12 bits per heavy atom. The molecule has 0 aliphatic carbocycles. The molecule has 1 aromatic heterocycles. The van der Waals surface area contributed by atoms with Gasteiger partial charge in [0.1, 0.15) is 10.8 Å². The van der Waals surface area contributed by atoms with Gasteiger partial charge < -0.3 is 5.32 Å². The van der Waals surface area contributed by atoms with Crippen molar-refractivity contribution < 1.29 is 9.18 Å². The second-order valence-corrected chi connectivity index (χ2v) is 7.07. The summed E-state index contributed by atoms with van der Waals surface area (Å²) in [4.78, 5) is 16.7.